The average molecular weight is 217 g/mol. The lowest BCUT2D eigenvalue weighted by Crippen LogP contribution is -2.21. The molecule has 2 aromatic rings. The molecule has 0 radical (unpaired) electrons. The Kier molecular flexibility index (Phi) is 2.16. The second kappa shape index (κ2) is 3.38. The molecule has 2 heterocycles. The van der Waals surface area contributed by atoms with Crippen LogP contribution in [0.3, 0.4) is 0 Å². The van der Waals surface area contributed by atoms with Crippen molar-refractivity contribution in [3.8, 4) is 0 Å². The molecule has 82 valence electrons. The molecule has 0 unspecified atom stereocenters. The van der Waals surface area contributed by atoms with Crippen LogP contribution in [0.25, 0.3) is 10.5 Å². The Hall–Kier alpha value is -2.29. The average Bonchev–Trinajstić information content (AvgIpc) is 2.55. The SMILES string of the molecule is [C-]#[N+]c1c(N)[nH]n2c(=O)c(CC)c(C)nc12. The zero-order valence-corrected chi connectivity index (χ0v) is 9.03. The van der Waals surface area contributed by atoms with Gasteiger partial charge in [0.15, 0.2) is 5.65 Å². The molecular formula is C10H11N5O. The van der Waals surface area contributed by atoms with Crippen LogP contribution in [0.1, 0.15) is 18.2 Å². The van der Waals surface area contributed by atoms with Crippen molar-refractivity contribution < 1.29 is 0 Å². The maximum atomic E-state index is 12.0. The Morgan fingerprint density at radius 3 is 2.88 bits per heavy atom. The standard InChI is InChI=1S/C10H11N5O/c1-4-6-5(2)13-9-7(12-3)8(11)14-15(9)10(6)16/h14H,4,11H2,1-2H3. The third kappa shape index (κ3) is 1.18. The van der Waals surface area contributed by atoms with E-state index in [4.69, 9.17) is 12.3 Å². The van der Waals surface area contributed by atoms with Crippen LogP contribution < -0.4 is 11.3 Å². The van der Waals surface area contributed by atoms with E-state index in [9.17, 15) is 4.79 Å². The minimum Gasteiger partial charge on any atom is -0.393 e. The van der Waals surface area contributed by atoms with E-state index in [1.807, 2.05) is 6.92 Å². The molecule has 0 saturated heterocycles. The van der Waals surface area contributed by atoms with Crippen molar-refractivity contribution in [1.29, 1.82) is 0 Å². The second-order valence-electron chi connectivity index (χ2n) is 3.48. The summed E-state index contributed by atoms with van der Waals surface area (Å²) in [5, 5.41) is 2.65. The number of nitrogens with two attached hydrogens (primary N) is 1. The summed E-state index contributed by atoms with van der Waals surface area (Å²) in [6, 6.07) is 0. The summed E-state index contributed by atoms with van der Waals surface area (Å²) in [5.41, 5.74) is 7.20. The first kappa shape index (κ1) is 10.2. The van der Waals surface area contributed by atoms with Gasteiger partial charge >= 0.3 is 0 Å². The smallest absolute Gasteiger partial charge is 0.274 e. The molecular weight excluding hydrogens is 206 g/mol. The first-order chi connectivity index (χ1) is 7.60. The fraction of sp³-hybridized carbons (Fsp3) is 0.300. The molecule has 0 bridgehead atoms. The van der Waals surface area contributed by atoms with Gasteiger partial charge in [-0.3, -0.25) is 9.89 Å². The molecule has 6 nitrogen and oxygen atoms in total. The quantitative estimate of drug-likeness (QED) is 0.700. The van der Waals surface area contributed by atoms with Crippen molar-refractivity contribution in [3.05, 3.63) is 33.0 Å². The highest BCUT2D eigenvalue weighted by Gasteiger charge is 2.15. The molecule has 0 aliphatic rings. The van der Waals surface area contributed by atoms with Crippen molar-refractivity contribution in [2.75, 3.05) is 5.73 Å². The number of hydrogen-bond acceptors (Lipinski definition) is 3. The van der Waals surface area contributed by atoms with Gasteiger partial charge in [0.1, 0.15) is 5.82 Å². The van der Waals surface area contributed by atoms with Crippen LogP contribution >= 0.6 is 0 Å². The molecule has 0 atom stereocenters. The van der Waals surface area contributed by atoms with Crippen molar-refractivity contribution in [2.45, 2.75) is 20.3 Å². The molecule has 2 rings (SSSR count). The monoisotopic (exact) mass is 217 g/mol. The molecule has 6 heteroatoms. The molecule has 16 heavy (non-hydrogen) atoms. The van der Waals surface area contributed by atoms with Gasteiger partial charge in [0, 0.05) is 11.3 Å². The molecule has 2 aromatic heterocycles. The molecule has 0 aliphatic heterocycles. The normalized spacial score (nSPS) is 10.6. The summed E-state index contributed by atoms with van der Waals surface area (Å²) >= 11 is 0. The van der Waals surface area contributed by atoms with Crippen LogP contribution in [0.4, 0.5) is 11.5 Å². The molecule has 0 amide bonds. The summed E-state index contributed by atoms with van der Waals surface area (Å²) in [4.78, 5) is 19.5. The number of fused-ring (bicyclic) bond motifs is 1. The van der Waals surface area contributed by atoms with Crippen molar-refractivity contribution in [2.24, 2.45) is 0 Å². The second-order valence-corrected chi connectivity index (χ2v) is 3.48. The molecule has 0 fully saturated rings. The maximum Gasteiger partial charge on any atom is 0.274 e. The minimum atomic E-state index is -0.188. The summed E-state index contributed by atoms with van der Waals surface area (Å²) in [5.74, 6) is 0.173. The van der Waals surface area contributed by atoms with E-state index in [-0.39, 0.29) is 17.1 Å². The summed E-state index contributed by atoms with van der Waals surface area (Å²) in [6.07, 6.45) is 0.604. The number of aryl methyl sites for hydroxylation is 1. The fourth-order valence-corrected chi connectivity index (χ4v) is 1.74. The lowest BCUT2D eigenvalue weighted by Gasteiger charge is -2.02. The number of rotatable bonds is 1. The molecule has 0 aliphatic carbocycles. The van der Waals surface area contributed by atoms with Crippen molar-refractivity contribution >= 4 is 17.2 Å². The molecule has 0 aromatic carbocycles. The van der Waals surface area contributed by atoms with Crippen LogP contribution in [0, 0.1) is 13.5 Å². The van der Waals surface area contributed by atoms with E-state index in [0.717, 1.165) is 0 Å². The summed E-state index contributed by atoms with van der Waals surface area (Å²) in [7, 11) is 0. The third-order valence-corrected chi connectivity index (χ3v) is 2.55. The van der Waals surface area contributed by atoms with Crippen LogP contribution in [0.5, 0.6) is 0 Å². The van der Waals surface area contributed by atoms with Gasteiger partial charge in [-0.25, -0.2) is 14.3 Å². The molecule has 0 saturated carbocycles. The van der Waals surface area contributed by atoms with Gasteiger partial charge < -0.3 is 5.73 Å². The van der Waals surface area contributed by atoms with E-state index in [1.165, 1.54) is 4.52 Å². The molecule has 0 spiro atoms. The van der Waals surface area contributed by atoms with Crippen molar-refractivity contribution in [3.63, 3.8) is 0 Å². The lowest BCUT2D eigenvalue weighted by atomic mass is 10.2. The Morgan fingerprint density at radius 1 is 1.62 bits per heavy atom. The van der Waals surface area contributed by atoms with Gasteiger partial charge in [0.05, 0.1) is 6.57 Å². The van der Waals surface area contributed by atoms with Crippen LogP contribution in [0.15, 0.2) is 4.79 Å². The first-order valence-corrected chi connectivity index (χ1v) is 4.87. The fourth-order valence-electron chi connectivity index (χ4n) is 1.74. The van der Waals surface area contributed by atoms with Crippen LogP contribution in [-0.2, 0) is 6.42 Å². The van der Waals surface area contributed by atoms with Gasteiger partial charge in [0.2, 0.25) is 0 Å². The summed E-state index contributed by atoms with van der Waals surface area (Å²) < 4.78 is 1.23. The number of aromatic amines is 1. The van der Waals surface area contributed by atoms with Crippen LogP contribution in [-0.4, -0.2) is 14.6 Å². The number of anilines is 1. The third-order valence-electron chi connectivity index (χ3n) is 2.55. The predicted octanol–water partition coefficient (Wildman–Crippen LogP) is 1.03. The highest BCUT2D eigenvalue weighted by Crippen LogP contribution is 2.25. The number of aromatic nitrogens is 3. The Bertz CT molecular complexity index is 658. The van der Waals surface area contributed by atoms with Crippen molar-refractivity contribution in [1.82, 2.24) is 14.6 Å². The van der Waals surface area contributed by atoms with Gasteiger partial charge in [0.25, 0.3) is 11.2 Å². The van der Waals surface area contributed by atoms with Gasteiger partial charge in [-0.05, 0) is 13.3 Å². The number of nitrogens with zero attached hydrogens (tertiary/aromatic N) is 3. The van der Waals surface area contributed by atoms with E-state index >= 15 is 0 Å². The van der Waals surface area contributed by atoms with Gasteiger partial charge in [-0.1, -0.05) is 6.92 Å². The summed E-state index contributed by atoms with van der Waals surface area (Å²) in [6.45, 7) is 10.6. The van der Waals surface area contributed by atoms with E-state index < -0.39 is 0 Å². The first-order valence-electron chi connectivity index (χ1n) is 4.87. The Labute approximate surface area is 91.5 Å². The number of hydrogen-bond donors (Lipinski definition) is 2. The van der Waals surface area contributed by atoms with E-state index in [0.29, 0.717) is 23.3 Å². The number of nitrogens with one attached hydrogen (secondary N) is 1. The van der Waals surface area contributed by atoms with Gasteiger partial charge in [-0.15, -0.1) is 0 Å². The zero-order valence-electron chi connectivity index (χ0n) is 9.03. The number of H-pyrrole nitrogens is 1. The number of nitrogen functional groups attached to an aromatic ring is 1. The Balaban J connectivity index is 3.00. The minimum absolute atomic E-state index is 0.173. The highest BCUT2D eigenvalue weighted by atomic mass is 16.1. The molecule has 3 N–H and O–H groups in total. The largest absolute Gasteiger partial charge is 0.393 e. The van der Waals surface area contributed by atoms with Gasteiger partial charge in [-0.2, -0.15) is 0 Å². The van der Waals surface area contributed by atoms with Crippen LogP contribution in [0.2, 0.25) is 0 Å². The van der Waals surface area contributed by atoms with E-state index in [2.05, 4.69) is 14.9 Å². The maximum absolute atomic E-state index is 12.0. The lowest BCUT2D eigenvalue weighted by molar-refractivity contribution is 0.857. The zero-order chi connectivity index (χ0) is 11.9. The topological polar surface area (TPSA) is 80.5 Å². The predicted molar refractivity (Wildman–Crippen MR) is 60.6 cm³/mol. The van der Waals surface area contributed by atoms with E-state index in [1.54, 1.807) is 6.92 Å². The highest BCUT2D eigenvalue weighted by molar-refractivity contribution is 5.79. The Morgan fingerprint density at radius 2 is 2.31 bits per heavy atom.